The molecule has 0 unspecified atom stereocenters. The highest BCUT2D eigenvalue weighted by Gasteiger charge is 2.23. The molecular formula is C25H23FN4O. The molecule has 5 nitrogen and oxygen atoms in total. The van der Waals surface area contributed by atoms with Gasteiger partial charge in [-0.25, -0.2) is 4.39 Å². The van der Waals surface area contributed by atoms with Crippen molar-refractivity contribution in [2.24, 2.45) is 0 Å². The fraction of sp³-hybridized carbons (Fsp3) is 0.200. The predicted octanol–water partition coefficient (Wildman–Crippen LogP) is 4.40. The van der Waals surface area contributed by atoms with Crippen LogP contribution in [-0.2, 0) is 6.54 Å². The molecule has 4 rings (SSSR count). The molecule has 1 saturated heterocycles. The number of benzene rings is 3. The van der Waals surface area contributed by atoms with Gasteiger partial charge in [-0.05, 0) is 54.1 Å². The van der Waals surface area contributed by atoms with Crippen LogP contribution in [0.4, 0.5) is 15.8 Å². The van der Waals surface area contributed by atoms with Crippen LogP contribution in [0.25, 0.3) is 0 Å². The summed E-state index contributed by atoms with van der Waals surface area (Å²) in [5, 5.41) is 12.1. The van der Waals surface area contributed by atoms with E-state index in [1.54, 1.807) is 12.1 Å². The van der Waals surface area contributed by atoms with Crippen LogP contribution in [0, 0.1) is 17.1 Å². The van der Waals surface area contributed by atoms with Crippen LogP contribution in [0.5, 0.6) is 0 Å². The largest absolute Gasteiger partial charge is 0.355 e. The Balaban J connectivity index is 1.38. The van der Waals surface area contributed by atoms with Crippen molar-refractivity contribution in [2.75, 3.05) is 31.5 Å². The summed E-state index contributed by atoms with van der Waals surface area (Å²) in [6.45, 7) is 3.69. The summed E-state index contributed by atoms with van der Waals surface area (Å²) in [5.74, 6) is -0.308. The fourth-order valence-corrected chi connectivity index (χ4v) is 3.69. The summed E-state index contributed by atoms with van der Waals surface area (Å²) >= 11 is 0. The van der Waals surface area contributed by atoms with Crippen LogP contribution >= 0.6 is 0 Å². The Labute approximate surface area is 181 Å². The summed E-state index contributed by atoms with van der Waals surface area (Å²) in [5.41, 5.74) is 3.86. The number of nitrogens with zero attached hydrogens (tertiary/aromatic N) is 3. The van der Waals surface area contributed by atoms with Crippen molar-refractivity contribution in [3.8, 4) is 6.07 Å². The van der Waals surface area contributed by atoms with Crippen LogP contribution < -0.4 is 5.32 Å². The molecule has 1 aliphatic heterocycles. The number of hydrogen-bond donors (Lipinski definition) is 1. The average molecular weight is 414 g/mol. The van der Waals surface area contributed by atoms with Gasteiger partial charge in [0.2, 0.25) is 0 Å². The standard InChI is InChI=1S/C25H23FN4O/c26-21-9-11-22(12-10-21)28-24-4-2-1-3-23(24)25(31)30-15-13-29(14-16-30)18-20-7-5-19(17-27)6-8-20/h1-12,28H,13-16,18H2. The maximum atomic E-state index is 13.2. The lowest BCUT2D eigenvalue weighted by Gasteiger charge is -2.35. The smallest absolute Gasteiger partial charge is 0.256 e. The van der Waals surface area contributed by atoms with E-state index in [-0.39, 0.29) is 11.7 Å². The zero-order valence-corrected chi connectivity index (χ0v) is 17.1. The highest BCUT2D eigenvalue weighted by Crippen LogP contribution is 2.23. The van der Waals surface area contributed by atoms with Crippen molar-refractivity contribution in [3.63, 3.8) is 0 Å². The van der Waals surface area contributed by atoms with Gasteiger partial charge >= 0.3 is 0 Å². The van der Waals surface area contributed by atoms with Gasteiger partial charge in [0.05, 0.1) is 22.9 Å². The first-order valence-electron chi connectivity index (χ1n) is 10.2. The number of rotatable bonds is 5. The number of carbonyl (C=O) groups excluding carboxylic acids is 1. The van der Waals surface area contributed by atoms with Crippen molar-refractivity contribution in [1.82, 2.24) is 9.80 Å². The maximum absolute atomic E-state index is 13.2. The topological polar surface area (TPSA) is 59.4 Å². The maximum Gasteiger partial charge on any atom is 0.256 e. The second-order valence-electron chi connectivity index (χ2n) is 7.55. The van der Waals surface area contributed by atoms with Gasteiger partial charge in [0, 0.05) is 38.4 Å². The minimum Gasteiger partial charge on any atom is -0.355 e. The Morgan fingerprint density at radius 2 is 1.61 bits per heavy atom. The Morgan fingerprint density at radius 3 is 2.29 bits per heavy atom. The number of amides is 1. The van der Waals surface area contributed by atoms with E-state index in [0.717, 1.165) is 30.9 Å². The van der Waals surface area contributed by atoms with Gasteiger partial charge in [-0.3, -0.25) is 9.69 Å². The van der Waals surface area contributed by atoms with Crippen LogP contribution in [0.2, 0.25) is 0 Å². The van der Waals surface area contributed by atoms with Crippen LogP contribution in [-0.4, -0.2) is 41.9 Å². The number of nitriles is 1. The number of hydrogen-bond acceptors (Lipinski definition) is 4. The minimum absolute atomic E-state index is 0.0109. The number of anilines is 2. The molecule has 0 aliphatic carbocycles. The fourth-order valence-electron chi connectivity index (χ4n) is 3.69. The molecule has 1 amide bonds. The van der Waals surface area contributed by atoms with Crippen molar-refractivity contribution >= 4 is 17.3 Å². The Bertz CT molecular complexity index is 1080. The van der Waals surface area contributed by atoms with E-state index in [1.165, 1.54) is 12.1 Å². The summed E-state index contributed by atoms with van der Waals surface area (Å²) in [6, 6.07) is 23.2. The third-order valence-corrected chi connectivity index (χ3v) is 5.43. The molecule has 1 fully saturated rings. The molecule has 0 radical (unpaired) electrons. The Hall–Kier alpha value is -3.69. The molecule has 1 aliphatic rings. The molecule has 6 heteroatoms. The number of carbonyl (C=O) groups is 1. The molecule has 0 aromatic heterocycles. The molecule has 0 bridgehead atoms. The van der Waals surface area contributed by atoms with E-state index in [4.69, 9.17) is 5.26 Å². The molecule has 3 aromatic carbocycles. The third-order valence-electron chi connectivity index (χ3n) is 5.43. The summed E-state index contributed by atoms with van der Waals surface area (Å²) < 4.78 is 13.2. The molecule has 0 spiro atoms. The molecular weight excluding hydrogens is 391 g/mol. The van der Waals surface area contributed by atoms with Crippen LogP contribution in [0.1, 0.15) is 21.5 Å². The molecule has 0 atom stereocenters. The second kappa shape index (κ2) is 9.41. The summed E-state index contributed by atoms with van der Waals surface area (Å²) in [7, 11) is 0. The van der Waals surface area contributed by atoms with Gasteiger partial charge in [0.15, 0.2) is 0 Å². The summed E-state index contributed by atoms with van der Waals surface area (Å²) in [4.78, 5) is 17.4. The molecule has 156 valence electrons. The van der Waals surface area contributed by atoms with Gasteiger partial charge in [0.25, 0.3) is 5.91 Å². The monoisotopic (exact) mass is 414 g/mol. The predicted molar refractivity (Wildman–Crippen MR) is 118 cm³/mol. The van der Waals surface area contributed by atoms with Crippen molar-refractivity contribution in [1.29, 1.82) is 5.26 Å². The van der Waals surface area contributed by atoms with E-state index in [2.05, 4.69) is 16.3 Å². The first-order valence-corrected chi connectivity index (χ1v) is 10.2. The quantitative estimate of drug-likeness (QED) is 0.672. The van der Waals surface area contributed by atoms with Crippen molar-refractivity contribution < 1.29 is 9.18 Å². The molecule has 1 heterocycles. The van der Waals surface area contributed by atoms with Gasteiger partial charge < -0.3 is 10.2 Å². The second-order valence-corrected chi connectivity index (χ2v) is 7.55. The Morgan fingerprint density at radius 1 is 0.935 bits per heavy atom. The Kier molecular flexibility index (Phi) is 6.25. The molecule has 1 N–H and O–H groups in total. The summed E-state index contributed by atoms with van der Waals surface area (Å²) in [6.07, 6.45) is 0. The highest BCUT2D eigenvalue weighted by molar-refractivity contribution is 6.00. The zero-order chi connectivity index (χ0) is 21.6. The van der Waals surface area contributed by atoms with Gasteiger partial charge in [0.1, 0.15) is 5.82 Å². The van der Waals surface area contributed by atoms with Gasteiger partial charge in [-0.1, -0.05) is 24.3 Å². The first-order chi connectivity index (χ1) is 15.1. The van der Waals surface area contributed by atoms with E-state index >= 15 is 0 Å². The molecule has 0 saturated carbocycles. The SMILES string of the molecule is N#Cc1ccc(CN2CCN(C(=O)c3ccccc3Nc3ccc(F)cc3)CC2)cc1. The normalized spacial score (nSPS) is 14.1. The molecule has 31 heavy (non-hydrogen) atoms. The molecule has 3 aromatic rings. The number of halogens is 1. The average Bonchev–Trinajstić information content (AvgIpc) is 2.81. The first kappa shape index (κ1) is 20.6. The van der Waals surface area contributed by atoms with Crippen LogP contribution in [0.3, 0.4) is 0 Å². The number of nitrogens with one attached hydrogen (secondary N) is 1. The van der Waals surface area contributed by atoms with Crippen LogP contribution in [0.15, 0.2) is 72.8 Å². The zero-order valence-electron chi connectivity index (χ0n) is 17.1. The highest BCUT2D eigenvalue weighted by atomic mass is 19.1. The number of para-hydroxylation sites is 1. The lowest BCUT2D eigenvalue weighted by atomic mass is 10.1. The van der Waals surface area contributed by atoms with E-state index < -0.39 is 0 Å². The van der Waals surface area contributed by atoms with Gasteiger partial charge in [-0.2, -0.15) is 5.26 Å². The number of piperazine rings is 1. The third kappa shape index (κ3) is 5.08. The minimum atomic E-state index is -0.297. The lowest BCUT2D eigenvalue weighted by molar-refractivity contribution is 0.0629. The van der Waals surface area contributed by atoms with E-state index in [0.29, 0.717) is 29.9 Å². The van der Waals surface area contributed by atoms with Crippen molar-refractivity contribution in [3.05, 3.63) is 95.3 Å². The van der Waals surface area contributed by atoms with E-state index in [1.807, 2.05) is 53.4 Å². The van der Waals surface area contributed by atoms with Gasteiger partial charge in [-0.15, -0.1) is 0 Å². The lowest BCUT2D eigenvalue weighted by Crippen LogP contribution is -2.48. The van der Waals surface area contributed by atoms with Crippen molar-refractivity contribution in [2.45, 2.75) is 6.54 Å². The van der Waals surface area contributed by atoms with E-state index in [9.17, 15) is 9.18 Å².